The van der Waals surface area contributed by atoms with Gasteiger partial charge >= 0.3 is 0 Å². The third-order valence-corrected chi connectivity index (χ3v) is 1.82. The van der Waals surface area contributed by atoms with Crippen molar-refractivity contribution in [2.45, 2.75) is 25.9 Å². The molecule has 0 fully saturated rings. The van der Waals surface area contributed by atoms with Gasteiger partial charge < -0.3 is 22.1 Å². The van der Waals surface area contributed by atoms with Crippen molar-refractivity contribution >= 4 is 0 Å². The summed E-state index contributed by atoms with van der Waals surface area (Å²) in [5, 5.41) is 6.57. The van der Waals surface area contributed by atoms with Crippen LogP contribution >= 0.6 is 0 Å². The summed E-state index contributed by atoms with van der Waals surface area (Å²) in [4.78, 5) is 0. The summed E-state index contributed by atoms with van der Waals surface area (Å²) < 4.78 is 0. The summed E-state index contributed by atoms with van der Waals surface area (Å²) in [6.45, 7) is 7.42. The summed E-state index contributed by atoms with van der Waals surface area (Å²) >= 11 is 0. The first kappa shape index (κ1) is 11.8. The second-order valence-corrected chi connectivity index (χ2v) is 3.18. The second-order valence-electron chi connectivity index (χ2n) is 3.18. The van der Waals surface area contributed by atoms with Crippen molar-refractivity contribution < 1.29 is 0 Å². The van der Waals surface area contributed by atoms with Gasteiger partial charge in [-0.25, -0.2) is 0 Å². The molecule has 0 amide bonds. The molecule has 0 rings (SSSR count). The SMILES string of the molecule is C[C@H](CN)NCCN[C@@H](C)CN. The van der Waals surface area contributed by atoms with Crippen LogP contribution in [0.4, 0.5) is 0 Å². The Morgan fingerprint density at radius 2 is 1.25 bits per heavy atom. The third-order valence-electron chi connectivity index (χ3n) is 1.82. The molecule has 6 N–H and O–H groups in total. The Balaban J connectivity index is 3.10. The van der Waals surface area contributed by atoms with Gasteiger partial charge in [0.2, 0.25) is 0 Å². The lowest BCUT2D eigenvalue weighted by Gasteiger charge is -2.14. The number of nitrogens with one attached hydrogen (secondary N) is 2. The maximum atomic E-state index is 5.44. The molecule has 74 valence electrons. The lowest BCUT2D eigenvalue weighted by Crippen LogP contribution is -2.41. The molecule has 0 aliphatic rings. The van der Waals surface area contributed by atoms with Crippen LogP contribution in [0, 0.1) is 0 Å². The fraction of sp³-hybridized carbons (Fsp3) is 1.00. The van der Waals surface area contributed by atoms with Crippen LogP contribution in [0.15, 0.2) is 0 Å². The quantitative estimate of drug-likeness (QED) is 0.368. The standard InChI is InChI=1S/C8H22N4/c1-7(5-9)11-3-4-12-8(2)6-10/h7-8,11-12H,3-6,9-10H2,1-2H3/t7-,8+. The Hall–Kier alpha value is -0.160. The predicted octanol–water partition coefficient (Wildman–Crippen LogP) is -1.14. The minimum Gasteiger partial charge on any atom is -0.329 e. The van der Waals surface area contributed by atoms with Gasteiger partial charge in [-0.3, -0.25) is 0 Å². The summed E-state index contributed by atoms with van der Waals surface area (Å²) in [5.74, 6) is 0. The number of rotatable bonds is 7. The van der Waals surface area contributed by atoms with E-state index in [0.717, 1.165) is 13.1 Å². The fourth-order valence-electron chi connectivity index (χ4n) is 0.804. The normalized spacial score (nSPS) is 16.0. The van der Waals surface area contributed by atoms with Gasteiger partial charge in [-0.2, -0.15) is 0 Å². The molecule has 0 aliphatic carbocycles. The molecule has 0 saturated carbocycles. The molecule has 0 spiro atoms. The molecule has 0 aromatic rings. The molecular formula is C8H22N4. The largest absolute Gasteiger partial charge is 0.329 e. The van der Waals surface area contributed by atoms with E-state index in [0.29, 0.717) is 25.2 Å². The highest BCUT2D eigenvalue weighted by molar-refractivity contribution is 4.64. The monoisotopic (exact) mass is 174 g/mol. The smallest absolute Gasteiger partial charge is 0.0162 e. The van der Waals surface area contributed by atoms with E-state index in [1.165, 1.54) is 0 Å². The minimum atomic E-state index is 0.403. The second kappa shape index (κ2) is 7.49. The Bertz CT molecular complexity index is 85.1. The van der Waals surface area contributed by atoms with E-state index in [2.05, 4.69) is 24.5 Å². The van der Waals surface area contributed by atoms with E-state index < -0.39 is 0 Å². The van der Waals surface area contributed by atoms with Crippen LogP contribution in [-0.4, -0.2) is 38.3 Å². The van der Waals surface area contributed by atoms with Crippen LogP contribution in [-0.2, 0) is 0 Å². The zero-order valence-electron chi connectivity index (χ0n) is 8.14. The van der Waals surface area contributed by atoms with Gasteiger partial charge in [0.25, 0.3) is 0 Å². The van der Waals surface area contributed by atoms with Crippen molar-refractivity contribution in [2.24, 2.45) is 11.5 Å². The highest BCUT2D eigenvalue weighted by Gasteiger charge is 1.98. The summed E-state index contributed by atoms with van der Waals surface area (Å²) in [7, 11) is 0. The van der Waals surface area contributed by atoms with Crippen molar-refractivity contribution in [3.8, 4) is 0 Å². The van der Waals surface area contributed by atoms with Crippen molar-refractivity contribution in [2.75, 3.05) is 26.2 Å². The van der Waals surface area contributed by atoms with Crippen molar-refractivity contribution in [1.82, 2.24) is 10.6 Å². The topological polar surface area (TPSA) is 76.1 Å². The molecule has 0 bridgehead atoms. The van der Waals surface area contributed by atoms with Crippen molar-refractivity contribution in [3.63, 3.8) is 0 Å². The van der Waals surface area contributed by atoms with Crippen molar-refractivity contribution in [3.05, 3.63) is 0 Å². The zero-order valence-corrected chi connectivity index (χ0v) is 8.14. The van der Waals surface area contributed by atoms with Gasteiger partial charge in [0.05, 0.1) is 0 Å². The van der Waals surface area contributed by atoms with Crippen LogP contribution in [0.1, 0.15) is 13.8 Å². The molecule has 2 atom stereocenters. The van der Waals surface area contributed by atoms with Crippen LogP contribution in [0.25, 0.3) is 0 Å². The van der Waals surface area contributed by atoms with E-state index >= 15 is 0 Å². The number of nitrogens with two attached hydrogens (primary N) is 2. The summed E-state index contributed by atoms with van der Waals surface area (Å²) in [6, 6.07) is 0.806. The van der Waals surface area contributed by atoms with Gasteiger partial charge in [-0.05, 0) is 13.8 Å². The first-order valence-electron chi connectivity index (χ1n) is 4.57. The van der Waals surface area contributed by atoms with Crippen LogP contribution in [0.3, 0.4) is 0 Å². The van der Waals surface area contributed by atoms with Gasteiger partial charge in [0.1, 0.15) is 0 Å². The number of hydrogen-bond donors (Lipinski definition) is 4. The van der Waals surface area contributed by atoms with Gasteiger partial charge in [0, 0.05) is 38.3 Å². The van der Waals surface area contributed by atoms with Crippen LogP contribution in [0.2, 0.25) is 0 Å². The summed E-state index contributed by atoms with van der Waals surface area (Å²) in [5.41, 5.74) is 10.9. The molecular weight excluding hydrogens is 152 g/mol. The maximum absolute atomic E-state index is 5.44. The van der Waals surface area contributed by atoms with E-state index in [1.54, 1.807) is 0 Å². The number of hydrogen-bond acceptors (Lipinski definition) is 4. The predicted molar refractivity (Wildman–Crippen MR) is 53.0 cm³/mol. The van der Waals surface area contributed by atoms with Gasteiger partial charge in [-0.1, -0.05) is 0 Å². The Morgan fingerprint density at radius 1 is 0.917 bits per heavy atom. The minimum absolute atomic E-state index is 0.403. The highest BCUT2D eigenvalue weighted by atomic mass is 15.0. The maximum Gasteiger partial charge on any atom is 0.0162 e. The fourth-order valence-corrected chi connectivity index (χ4v) is 0.804. The molecule has 4 heteroatoms. The zero-order chi connectivity index (χ0) is 9.40. The van der Waals surface area contributed by atoms with E-state index in [4.69, 9.17) is 11.5 Å². The third kappa shape index (κ3) is 6.54. The van der Waals surface area contributed by atoms with E-state index in [-0.39, 0.29) is 0 Å². The highest BCUT2D eigenvalue weighted by Crippen LogP contribution is 1.76. The Kier molecular flexibility index (Phi) is 7.39. The first-order valence-corrected chi connectivity index (χ1v) is 4.57. The molecule has 0 heterocycles. The molecule has 4 nitrogen and oxygen atoms in total. The Morgan fingerprint density at radius 3 is 1.50 bits per heavy atom. The van der Waals surface area contributed by atoms with Gasteiger partial charge in [0.15, 0.2) is 0 Å². The average Bonchev–Trinajstić information content (AvgIpc) is 2.11. The molecule has 0 unspecified atom stereocenters. The molecule has 0 aliphatic heterocycles. The molecule has 0 radical (unpaired) electrons. The average molecular weight is 174 g/mol. The first-order chi connectivity index (χ1) is 5.70. The van der Waals surface area contributed by atoms with E-state index in [1.807, 2.05) is 0 Å². The molecule has 12 heavy (non-hydrogen) atoms. The van der Waals surface area contributed by atoms with Gasteiger partial charge in [-0.15, -0.1) is 0 Å². The lowest BCUT2D eigenvalue weighted by atomic mass is 10.3. The lowest BCUT2D eigenvalue weighted by molar-refractivity contribution is 0.500. The van der Waals surface area contributed by atoms with E-state index in [9.17, 15) is 0 Å². The van der Waals surface area contributed by atoms with Crippen LogP contribution < -0.4 is 22.1 Å². The Labute approximate surface area is 75.1 Å². The summed E-state index contributed by atoms with van der Waals surface area (Å²) in [6.07, 6.45) is 0. The van der Waals surface area contributed by atoms with Crippen LogP contribution in [0.5, 0.6) is 0 Å². The molecule has 0 aromatic carbocycles. The molecule has 0 saturated heterocycles. The van der Waals surface area contributed by atoms with Crippen molar-refractivity contribution in [1.29, 1.82) is 0 Å². The molecule has 0 aromatic heterocycles.